The first kappa shape index (κ1) is 11.6. The second-order valence-electron chi connectivity index (χ2n) is 4.16. The molecule has 1 amide bonds. The Morgan fingerprint density at radius 1 is 1.16 bits per heavy atom. The topological polar surface area (TPSA) is 60.7 Å². The monoisotopic (exact) mass is 259 g/mol. The van der Waals surface area contributed by atoms with Crippen LogP contribution in [0.1, 0.15) is 5.76 Å². The quantitative estimate of drug-likeness (QED) is 0.918. The molecule has 2 heterocycles. The van der Waals surface area contributed by atoms with E-state index in [0.29, 0.717) is 36.2 Å². The molecule has 0 spiro atoms. The average Bonchev–Trinajstić information content (AvgIpc) is 2.91. The highest BCUT2D eigenvalue weighted by Gasteiger charge is 2.13. The van der Waals surface area contributed by atoms with Crippen molar-refractivity contribution in [1.82, 2.24) is 0 Å². The van der Waals surface area contributed by atoms with E-state index >= 15 is 0 Å². The van der Waals surface area contributed by atoms with E-state index in [1.54, 1.807) is 36.6 Å². The van der Waals surface area contributed by atoms with Crippen LogP contribution in [-0.4, -0.2) is 19.1 Å². The molecule has 0 saturated carbocycles. The van der Waals surface area contributed by atoms with Gasteiger partial charge in [-0.05, 0) is 24.3 Å². The molecule has 1 N–H and O–H groups in total. The van der Waals surface area contributed by atoms with Crippen molar-refractivity contribution in [2.24, 2.45) is 0 Å². The van der Waals surface area contributed by atoms with Gasteiger partial charge in [-0.15, -0.1) is 0 Å². The number of furan rings is 1. The van der Waals surface area contributed by atoms with Crippen molar-refractivity contribution in [3.05, 3.63) is 42.4 Å². The van der Waals surface area contributed by atoms with E-state index in [2.05, 4.69) is 5.32 Å². The van der Waals surface area contributed by atoms with Gasteiger partial charge in [-0.2, -0.15) is 0 Å². The Hall–Kier alpha value is -2.43. The fraction of sp³-hybridized carbons (Fsp3) is 0.214. The van der Waals surface area contributed by atoms with Crippen LogP contribution in [0, 0.1) is 0 Å². The predicted octanol–water partition coefficient (Wildman–Crippen LogP) is 2.23. The number of hydrogen-bond donors (Lipinski definition) is 1. The summed E-state index contributed by atoms with van der Waals surface area (Å²) in [5.74, 6) is 1.86. The minimum absolute atomic E-state index is 0.133. The summed E-state index contributed by atoms with van der Waals surface area (Å²) in [4.78, 5) is 11.8. The van der Waals surface area contributed by atoms with Crippen LogP contribution in [0.3, 0.4) is 0 Å². The number of amides is 1. The molecule has 0 atom stereocenters. The zero-order valence-corrected chi connectivity index (χ0v) is 10.2. The Bertz CT molecular complexity index is 577. The van der Waals surface area contributed by atoms with Crippen molar-refractivity contribution in [2.45, 2.75) is 6.42 Å². The lowest BCUT2D eigenvalue weighted by Crippen LogP contribution is -2.17. The van der Waals surface area contributed by atoms with Crippen LogP contribution in [0.4, 0.5) is 5.69 Å². The highest BCUT2D eigenvalue weighted by atomic mass is 16.6. The molecule has 0 fully saturated rings. The second kappa shape index (κ2) is 5.06. The van der Waals surface area contributed by atoms with Crippen LogP contribution in [0.25, 0.3) is 0 Å². The predicted molar refractivity (Wildman–Crippen MR) is 68.5 cm³/mol. The minimum Gasteiger partial charge on any atom is -0.486 e. The number of carbonyl (C=O) groups excluding carboxylic acids is 1. The molecule has 0 bridgehead atoms. The maximum Gasteiger partial charge on any atom is 0.231 e. The highest BCUT2D eigenvalue weighted by Crippen LogP contribution is 2.32. The summed E-state index contributed by atoms with van der Waals surface area (Å²) in [5, 5.41) is 2.80. The molecule has 0 saturated heterocycles. The average molecular weight is 259 g/mol. The molecule has 1 aliphatic rings. The van der Waals surface area contributed by atoms with Gasteiger partial charge < -0.3 is 19.2 Å². The number of hydrogen-bond acceptors (Lipinski definition) is 4. The van der Waals surface area contributed by atoms with Crippen LogP contribution in [0.15, 0.2) is 41.0 Å². The third-order valence-electron chi connectivity index (χ3n) is 2.74. The number of nitrogens with one attached hydrogen (secondary N) is 1. The van der Waals surface area contributed by atoms with Gasteiger partial charge in [-0.1, -0.05) is 0 Å². The Morgan fingerprint density at radius 3 is 2.79 bits per heavy atom. The number of benzene rings is 1. The molecule has 19 heavy (non-hydrogen) atoms. The van der Waals surface area contributed by atoms with Crippen LogP contribution < -0.4 is 14.8 Å². The van der Waals surface area contributed by atoms with Crippen molar-refractivity contribution in [1.29, 1.82) is 0 Å². The Labute approximate surface area is 110 Å². The zero-order chi connectivity index (χ0) is 13.1. The first-order valence-electron chi connectivity index (χ1n) is 6.03. The van der Waals surface area contributed by atoms with Crippen LogP contribution in [0.2, 0.25) is 0 Å². The Kier molecular flexibility index (Phi) is 3.10. The van der Waals surface area contributed by atoms with E-state index in [4.69, 9.17) is 13.9 Å². The normalized spacial score (nSPS) is 13.1. The molecular weight excluding hydrogens is 246 g/mol. The largest absolute Gasteiger partial charge is 0.486 e. The molecule has 3 rings (SSSR count). The van der Waals surface area contributed by atoms with Crippen molar-refractivity contribution in [2.75, 3.05) is 18.5 Å². The van der Waals surface area contributed by atoms with E-state index in [1.165, 1.54) is 0 Å². The molecule has 1 aromatic heterocycles. The minimum atomic E-state index is -0.133. The van der Waals surface area contributed by atoms with Crippen LogP contribution in [-0.2, 0) is 11.2 Å². The number of ether oxygens (including phenoxy) is 2. The van der Waals surface area contributed by atoms with E-state index in [1.807, 2.05) is 0 Å². The molecule has 5 nitrogen and oxygen atoms in total. The second-order valence-corrected chi connectivity index (χ2v) is 4.16. The Balaban J connectivity index is 1.67. The molecule has 1 aromatic carbocycles. The summed E-state index contributed by atoms with van der Waals surface area (Å²) < 4.78 is 16.0. The van der Waals surface area contributed by atoms with E-state index < -0.39 is 0 Å². The van der Waals surface area contributed by atoms with Crippen molar-refractivity contribution >= 4 is 11.6 Å². The summed E-state index contributed by atoms with van der Waals surface area (Å²) >= 11 is 0. The molecule has 2 aromatic rings. The lowest BCUT2D eigenvalue weighted by atomic mass is 10.2. The Morgan fingerprint density at radius 2 is 2.00 bits per heavy atom. The molecule has 0 radical (unpaired) electrons. The van der Waals surface area contributed by atoms with E-state index in [0.717, 1.165) is 0 Å². The first-order chi connectivity index (χ1) is 9.31. The fourth-order valence-electron chi connectivity index (χ4n) is 1.90. The molecule has 0 aliphatic carbocycles. The van der Waals surface area contributed by atoms with Gasteiger partial charge in [0.15, 0.2) is 11.5 Å². The van der Waals surface area contributed by atoms with Gasteiger partial charge in [0.25, 0.3) is 0 Å². The summed E-state index contributed by atoms with van der Waals surface area (Å²) in [6.45, 7) is 1.08. The third-order valence-corrected chi connectivity index (χ3v) is 2.74. The van der Waals surface area contributed by atoms with Crippen molar-refractivity contribution < 1.29 is 18.7 Å². The highest BCUT2D eigenvalue weighted by molar-refractivity contribution is 5.92. The SMILES string of the molecule is O=C(Cc1ccco1)Nc1ccc2c(c1)OCCO2. The van der Waals surface area contributed by atoms with Gasteiger partial charge in [-0.25, -0.2) is 0 Å². The van der Waals surface area contributed by atoms with Crippen LogP contribution >= 0.6 is 0 Å². The van der Waals surface area contributed by atoms with Gasteiger partial charge in [0.05, 0.1) is 12.7 Å². The zero-order valence-electron chi connectivity index (χ0n) is 10.2. The van der Waals surface area contributed by atoms with Crippen LogP contribution in [0.5, 0.6) is 11.5 Å². The van der Waals surface area contributed by atoms with Gasteiger partial charge in [-0.3, -0.25) is 4.79 Å². The van der Waals surface area contributed by atoms with E-state index in [-0.39, 0.29) is 12.3 Å². The molecule has 98 valence electrons. The number of carbonyl (C=O) groups is 1. The van der Waals surface area contributed by atoms with Gasteiger partial charge >= 0.3 is 0 Å². The van der Waals surface area contributed by atoms with Crippen molar-refractivity contribution in [3.63, 3.8) is 0 Å². The molecular formula is C14H13NO4. The summed E-state index contributed by atoms with van der Waals surface area (Å²) in [5.41, 5.74) is 0.681. The molecule has 0 unspecified atom stereocenters. The molecule has 1 aliphatic heterocycles. The third kappa shape index (κ3) is 2.70. The molecule has 5 heteroatoms. The van der Waals surface area contributed by atoms with Crippen molar-refractivity contribution in [3.8, 4) is 11.5 Å². The van der Waals surface area contributed by atoms with Gasteiger partial charge in [0.1, 0.15) is 19.0 Å². The lowest BCUT2D eigenvalue weighted by molar-refractivity contribution is -0.115. The summed E-state index contributed by atoms with van der Waals surface area (Å²) in [6.07, 6.45) is 1.76. The maximum absolute atomic E-state index is 11.8. The summed E-state index contributed by atoms with van der Waals surface area (Å²) in [6, 6.07) is 8.86. The maximum atomic E-state index is 11.8. The number of rotatable bonds is 3. The van der Waals surface area contributed by atoms with Gasteiger partial charge in [0.2, 0.25) is 5.91 Å². The van der Waals surface area contributed by atoms with E-state index in [9.17, 15) is 4.79 Å². The van der Waals surface area contributed by atoms with Gasteiger partial charge in [0, 0.05) is 11.8 Å². The fourth-order valence-corrected chi connectivity index (χ4v) is 1.90. The smallest absolute Gasteiger partial charge is 0.231 e. The number of fused-ring (bicyclic) bond motifs is 1. The standard InChI is InChI=1S/C14H13NO4/c16-14(9-11-2-1-5-17-11)15-10-3-4-12-13(8-10)19-7-6-18-12/h1-5,8H,6-7,9H2,(H,15,16). The number of anilines is 1. The first-order valence-corrected chi connectivity index (χ1v) is 6.03. The lowest BCUT2D eigenvalue weighted by Gasteiger charge is -2.18. The summed E-state index contributed by atoms with van der Waals surface area (Å²) in [7, 11) is 0.